The Bertz CT molecular complexity index is 1080. The molecule has 7 atom stereocenters. The Morgan fingerprint density at radius 3 is 2.21 bits per heavy atom. The van der Waals surface area contributed by atoms with E-state index < -0.39 is 40.7 Å². The number of carbonyl (C=O) groups excluding carboxylic acids is 1. The molecule has 9 heteroatoms. The van der Waals surface area contributed by atoms with Crippen molar-refractivity contribution in [3.8, 4) is 0 Å². The molecular weight excluding hydrogens is 508 g/mol. The molecular formula is C29H35F6NO2. The van der Waals surface area contributed by atoms with Gasteiger partial charge in [-0.05, 0) is 85.5 Å². The van der Waals surface area contributed by atoms with Crippen LogP contribution < -0.4 is 5.32 Å². The molecule has 1 aromatic rings. The maximum absolute atomic E-state index is 14.3. The number of hydrogen-bond donors (Lipinski definition) is 2. The van der Waals surface area contributed by atoms with Gasteiger partial charge in [-0.2, -0.15) is 26.3 Å². The van der Waals surface area contributed by atoms with Crippen molar-refractivity contribution < 1.29 is 36.2 Å². The maximum atomic E-state index is 14.3. The molecule has 0 spiro atoms. The second kappa shape index (κ2) is 9.00. The summed E-state index contributed by atoms with van der Waals surface area (Å²) in [5.74, 6) is -1.51. The van der Waals surface area contributed by atoms with Crippen LogP contribution in [-0.2, 0) is 10.3 Å². The van der Waals surface area contributed by atoms with Crippen LogP contribution in [0.3, 0.4) is 0 Å². The average molecular weight is 544 g/mol. The predicted molar refractivity (Wildman–Crippen MR) is 130 cm³/mol. The maximum Gasteiger partial charge on any atom is 0.424 e. The number of halogens is 6. The number of rotatable bonds is 3. The summed E-state index contributed by atoms with van der Waals surface area (Å²) < 4.78 is 85.9. The molecule has 0 radical (unpaired) electrons. The van der Waals surface area contributed by atoms with E-state index >= 15 is 0 Å². The smallest absolute Gasteiger partial charge is 0.393 e. The molecule has 3 nitrogen and oxygen atoms in total. The zero-order valence-corrected chi connectivity index (χ0v) is 21.6. The van der Waals surface area contributed by atoms with E-state index in [1.54, 1.807) is 0 Å². The third-order valence-electron chi connectivity index (χ3n) is 10.8. The van der Waals surface area contributed by atoms with Crippen LogP contribution in [0.15, 0.2) is 42.0 Å². The summed E-state index contributed by atoms with van der Waals surface area (Å²) in [6, 6.07) is 5.08. The lowest BCUT2D eigenvalue weighted by molar-refractivity contribution is -0.312. The molecule has 4 aliphatic rings. The van der Waals surface area contributed by atoms with E-state index in [9.17, 15) is 36.2 Å². The summed E-state index contributed by atoms with van der Waals surface area (Å²) in [4.78, 5) is 13.5. The first-order chi connectivity index (χ1) is 17.6. The van der Waals surface area contributed by atoms with E-state index in [0.717, 1.165) is 49.9 Å². The molecule has 38 heavy (non-hydrogen) atoms. The normalized spacial score (nSPS) is 37.5. The van der Waals surface area contributed by atoms with Gasteiger partial charge in [-0.25, -0.2) is 0 Å². The molecule has 1 aromatic carbocycles. The number of allylic oxidation sites excluding steroid dienone is 1. The fourth-order valence-electron chi connectivity index (χ4n) is 8.73. The Kier molecular flexibility index (Phi) is 6.52. The Labute approximate surface area is 219 Å². The molecule has 1 amide bonds. The van der Waals surface area contributed by atoms with Crippen molar-refractivity contribution in [1.82, 2.24) is 5.32 Å². The number of benzene rings is 1. The number of aliphatic hydroxyl groups is 1. The lowest BCUT2D eigenvalue weighted by atomic mass is 9.47. The quantitative estimate of drug-likeness (QED) is 0.317. The Balaban J connectivity index is 1.45. The Morgan fingerprint density at radius 1 is 0.921 bits per heavy atom. The van der Waals surface area contributed by atoms with Crippen molar-refractivity contribution in [2.45, 2.75) is 89.2 Å². The van der Waals surface area contributed by atoms with Gasteiger partial charge in [-0.3, -0.25) is 4.79 Å². The topological polar surface area (TPSA) is 49.3 Å². The van der Waals surface area contributed by atoms with Crippen molar-refractivity contribution in [3.05, 3.63) is 47.5 Å². The van der Waals surface area contributed by atoms with Gasteiger partial charge in [0, 0.05) is 5.92 Å². The first-order valence-electron chi connectivity index (χ1n) is 13.5. The van der Waals surface area contributed by atoms with Crippen LogP contribution in [-0.4, -0.2) is 29.5 Å². The van der Waals surface area contributed by atoms with Crippen molar-refractivity contribution in [1.29, 1.82) is 0 Å². The Morgan fingerprint density at radius 2 is 1.58 bits per heavy atom. The molecule has 2 N–H and O–H groups in total. The highest BCUT2D eigenvalue weighted by atomic mass is 19.4. The van der Waals surface area contributed by atoms with E-state index in [0.29, 0.717) is 25.2 Å². The molecule has 0 aromatic heterocycles. The summed E-state index contributed by atoms with van der Waals surface area (Å²) in [5, 5.41) is 11.7. The van der Waals surface area contributed by atoms with Crippen LogP contribution in [0.5, 0.6) is 0 Å². The number of amides is 1. The largest absolute Gasteiger partial charge is 0.424 e. The summed E-state index contributed by atoms with van der Waals surface area (Å²) in [7, 11) is 0. The third kappa shape index (κ3) is 3.93. The molecule has 3 saturated carbocycles. The molecule has 210 valence electrons. The number of hydrogen-bond acceptors (Lipinski definition) is 2. The van der Waals surface area contributed by atoms with Gasteiger partial charge in [-0.15, -0.1) is 0 Å². The highest BCUT2D eigenvalue weighted by molar-refractivity contribution is 5.81. The van der Waals surface area contributed by atoms with Crippen molar-refractivity contribution in [2.24, 2.45) is 34.5 Å². The van der Waals surface area contributed by atoms with Gasteiger partial charge in [0.05, 0.1) is 6.10 Å². The van der Waals surface area contributed by atoms with Gasteiger partial charge >= 0.3 is 12.4 Å². The fraction of sp³-hybridized carbons (Fsp3) is 0.690. The van der Waals surface area contributed by atoms with Crippen LogP contribution in [0.2, 0.25) is 0 Å². The third-order valence-corrected chi connectivity index (χ3v) is 10.8. The van der Waals surface area contributed by atoms with Crippen molar-refractivity contribution in [2.75, 3.05) is 0 Å². The molecule has 0 bridgehead atoms. The zero-order chi connectivity index (χ0) is 27.7. The molecule has 2 unspecified atom stereocenters. The lowest BCUT2D eigenvalue weighted by Gasteiger charge is -2.58. The van der Waals surface area contributed by atoms with Crippen LogP contribution in [0, 0.1) is 34.5 Å². The van der Waals surface area contributed by atoms with Gasteiger partial charge in [0.1, 0.15) is 0 Å². The summed E-state index contributed by atoms with van der Waals surface area (Å²) >= 11 is 0. The van der Waals surface area contributed by atoms with E-state index in [-0.39, 0.29) is 29.8 Å². The lowest BCUT2D eigenvalue weighted by Crippen LogP contribution is -2.66. The summed E-state index contributed by atoms with van der Waals surface area (Å²) in [6.45, 7) is 4.13. The minimum atomic E-state index is -5.79. The molecule has 0 aliphatic heterocycles. The summed E-state index contributed by atoms with van der Waals surface area (Å²) in [5.41, 5.74) is -4.99. The number of carbonyl (C=O) groups is 1. The number of fused-ring (bicyclic) bond motifs is 5. The van der Waals surface area contributed by atoms with Gasteiger partial charge in [0.25, 0.3) is 5.54 Å². The fourth-order valence-corrected chi connectivity index (χ4v) is 8.73. The van der Waals surface area contributed by atoms with E-state index in [2.05, 4.69) is 13.0 Å². The summed E-state index contributed by atoms with van der Waals surface area (Å²) in [6.07, 6.45) is -4.47. The zero-order valence-electron chi connectivity index (χ0n) is 21.6. The van der Waals surface area contributed by atoms with Gasteiger partial charge < -0.3 is 10.4 Å². The van der Waals surface area contributed by atoms with Crippen LogP contribution in [0.25, 0.3) is 0 Å². The predicted octanol–water partition coefficient (Wildman–Crippen LogP) is 7.06. The molecule has 0 saturated heterocycles. The van der Waals surface area contributed by atoms with Gasteiger partial charge in [-0.1, -0.05) is 55.8 Å². The molecule has 3 fully saturated rings. The minimum Gasteiger partial charge on any atom is -0.393 e. The molecule has 0 heterocycles. The van der Waals surface area contributed by atoms with Crippen molar-refractivity contribution >= 4 is 5.91 Å². The first-order valence-corrected chi connectivity index (χ1v) is 13.5. The van der Waals surface area contributed by atoms with E-state index in [1.807, 2.05) is 6.92 Å². The highest BCUT2D eigenvalue weighted by Gasteiger charge is 2.73. The second-order valence-corrected chi connectivity index (χ2v) is 12.4. The molecule has 4 aliphatic carbocycles. The standard InChI is InChI=1S/C29H35F6NO2/c1-25-14-12-19(37)16-18(25)8-9-20-21-10-11-23(26(21,2)15-13-22(20)25)24(38)36-27(28(30,31)32,29(33,34)35)17-6-4-3-5-7-17/h3-8,19-23,37H,9-16H2,1-2H3,(H,36,38)/t19?,20-,21-,22+,23?,25-,26-/m0/s1. The Hall–Kier alpha value is -2.03. The highest BCUT2D eigenvalue weighted by Crippen LogP contribution is 2.66. The SMILES string of the molecule is C[C@]12CCC(O)CC1=CC[C@@H]1[C@H]2CC[C@]2(C)C(C(=O)NC(c3ccccc3)(C(F)(F)F)C(F)(F)F)CC[C@@H]12. The first kappa shape index (κ1) is 27.5. The van der Waals surface area contributed by atoms with Crippen LogP contribution in [0.1, 0.15) is 70.8 Å². The van der Waals surface area contributed by atoms with Gasteiger partial charge in [0.2, 0.25) is 5.91 Å². The van der Waals surface area contributed by atoms with E-state index in [4.69, 9.17) is 0 Å². The average Bonchev–Trinajstić information content (AvgIpc) is 3.19. The number of aliphatic hydroxyl groups excluding tert-OH is 1. The van der Waals surface area contributed by atoms with E-state index in [1.165, 1.54) is 17.0 Å². The number of nitrogens with one attached hydrogen (secondary N) is 1. The second-order valence-electron chi connectivity index (χ2n) is 12.4. The van der Waals surface area contributed by atoms with Crippen LogP contribution in [0.4, 0.5) is 26.3 Å². The minimum absolute atomic E-state index is 0.0429. The monoisotopic (exact) mass is 543 g/mol. The molecule has 5 rings (SSSR count). The van der Waals surface area contributed by atoms with Crippen LogP contribution >= 0.6 is 0 Å². The van der Waals surface area contributed by atoms with Gasteiger partial charge in [0.15, 0.2) is 0 Å². The van der Waals surface area contributed by atoms with Crippen molar-refractivity contribution in [3.63, 3.8) is 0 Å². The number of alkyl halides is 6.